The van der Waals surface area contributed by atoms with E-state index >= 15 is 0 Å². The number of aryl methyl sites for hydroxylation is 1. The molecule has 0 saturated carbocycles. The Bertz CT molecular complexity index is 681. The Kier molecular flexibility index (Phi) is 6.04. The van der Waals surface area contributed by atoms with E-state index in [1.807, 2.05) is 23.1 Å². The van der Waals surface area contributed by atoms with Crippen molar-refractivity contribution in [3.05, 3.63) is 47.0 Å². The summed E-state index contributed by atoms with van der Waals surface area (Å²) in [4.78, 5) is 18.6. The number of nitrogens with one attached hydrogen (secondary N) is 1. The van der Waals surface area contributed by atoms with Gasteiger partial charge in [-0.1, -0.05) is 30.3 Å². The van der Waals surface area contributed by atoms with Crippen molar-refractivity contribution in [3.8, 4) is 0 Å². The first-order valence-corrected chi connectivity index (χ1v) is 9.70. The van der Waals surface area contributed by atoms with Gasteiger partial charge in [-0.05, 0) is 37.2 Å². The van der Waals surface area contributed by atoms with Crippen molar-refractivity contribution < 1.29 is 9.90 Å². The van der Waals surface area contributed by atoms with Gasteiger partial charge in [-0.15, -0.1) is 11.3 Å². The number of rotatable bonds is 6. The van der Waals surface area contributed by atoms with Crippen LogP contribution in [0.1, 0.15) is 35.3 Å². The fourth-order valence-corrected chi connectivity index (χ4v) is 3.98. The average Bonchev–Trinajstić information content (AvgIpc) is 3.16. The van der Waals surface area contributed by atoms with Gasteiger partial charge in [0.2, 0.25) is 0 Å². The molecule has 1 aromatic heterocycles. The van der Waals surface area contributed by atoms with E-state index in [-0.39, 0.29) is 17.9 Å². The van der Waals surface area contributed by atoms with Gasteiger partial charge in [0.1, 0.15) is 5.69 Å². The minimum absolute atomic E-state index is 0.00465. The summed E-state index contributed by atoms with van der Waals surface area (Å²) in [6.07, 6.45) is 3.08. The Morgan fingerprint density at radius 1 is 1.36 bits per heavy atom. The van der Waals surface area contributed by atoms with Crippen LogP contribution in [0.3, 0.4) is 0 Å². The maximum atomic E-state index is 12.5. The Morgan fingerprint density at radius 2 is 2.08 bits per heavy atom. The van der Waals surface area contributed by atoms with Crippen LogP contribution in [0.5, 0.6) is 0 Å². The van der Waals surface area contributed by atoms with Crippen molar-refractivity contribution in [2.75, 3.05) is 25.5 Å². The van der Waals surface area contributed by atoms with Gasteiger partial charge < -0.3 is 15.3 Å². The number of thiazole rings is 1. The van der Waals surface area contributed by atoms with E-state index < -0.39 is 0 Å². The first kappa shape index (κ1) is 17.9. The molecule has 1 fully saturated rings. The van der Waals surface area contributed by atoms with E-state index in [0.717, 1.165) is 30.8 Å². The zero-order valence-corrected chi connectivity index (χ0v) is 15.3. The number of carbonyl (C=O) groups excluding carboxylic acids is 1. The molecule has 134 valence electrons. The summed E-state index contributed by atoms with van der Waals surface area (Å²) in [5.74, 6) is 0.269. The molecular formula is C19H25N3O2S. The quantitative estimate of drug-likeness (QED) is 0.832. The number of likely N-dealkylation sites (tertiary alicyclic amines) is 1. The number of benzene rings is 1. The van der Waals surface area contributed by atoms with Gasteiger partial charge in [0.05, 0.1) is 6.10 Å². The molecule has 5 nitrogen and oxygen atoms in total. The summed E-state index contributed by atoms with van der Waals surface area (Å²) in [7, 11) is 1.80. The molecule has 0 radical (unpaired) electrons. The van der Waals surface area contributed by atoms with Crippen molar-refractivity contribution in [3.63, 3.8) is 0 Å². The number of aliphatic hydroxyl groups excluding tert-OH is 1. The van der Waals surface area contributed by atoms with E-state index in [2.05, 4.69) is 22.4 Å². The molecule has 1 aliphatic rings. The molecule has 2 N–H and O–H groups in total. The highest BCUT2D eigenvalue weighted by Gasteiger charge is 2.28. The van der Waals surface area contributed by atoms with Gasteiger partial charge >= 0.3 is 0 Å². The van der Waals surface area contributed by atoms with Crippen molar-refractivity contribution >= 4 is 22.4 Å². The highest BCUT2D eigenvalue weighted by molar-refractivity contribution is 7.13. The van der Waals surface area contributed by atoms with Gasteiger partial charge in [-0.2, -0.15) is 0 Å². The number of anilines is 1. The van der Waals surface area contributed by atoms with Crippen LogP contribution in [-0.2, 0) is 6.42 Å². The SMILES string of the molecule is CNc1nc(C(=O)N2CCC(C(O)CCc3ccccc3)CC2)cs1. The number of carbonyl (C=O) groups is 1. The predicted octanol–water partition coefficient (Wildman–Crippen LogP) is 3.03. The Hall–Kier alpha value is -1.92. The fourth-order valence-electron chi connectivity index (χ4n) is 3.33. The normalized spacial score (nSPS) is 16.6. The molecule has 25 heavy (non-hydrogen) atoms. The number of nitrogens with zero attached hydrogens (tertiary/aromatic N) is 2. The molecule has 1 atom stereocenters. The smallest absolute Gasteiger partial charge is 0.273 e. The maximum Gasteiger partial charge on any atom is 0.273 e. The summed E-state index contributed by atoms with van der Waals surface area (Å²) in [5.41, 5.74) is 1.77. The second-order valence-corrected chi connectivity index (χ2v) is 7.37. The second kappa shape index (κ2) is 8.45. The summed E-state index contributed by atoms with van der Waals surface area (Å²) >= 11 is 1.44. The van der Waals surface area contributed by atoms with Crippen molar-refractivity contribution in [2.24, 2.45) is 5.92 Å². The molecule has 2 aromatic rings. The monoisotopic (exact) mass is 359 g/mol. The molecular weight excluding hydrogens is 334 g/mol. The van der Waals surface area contributed by atoms with E-state index in [0.29, 0.717) is 18.8 Å². The molecule has 1 aromatic carbocycles. The molecule has 6 heteroatoms. The van der Waals surface area contributed by atoms with Gasteiger partial charge in [0, 0.05) is 25.5 Å². The van der Waals surface area contributed by atoms with Gasteiger partial charge in [-0.3, -0.25) is 4.79 Å². The largest absolute Gasteiger partial charge is 0.393 e. The van der Waals surface area contributed by atoms with Crippen LogP contribution in [0.2, 0.25) is 0 Å². The Morgan fingerprint density at radius 3 is 2.72 bits per heavy atom. The summed E-state index contributed by atoms with van der Waals surface area (Å²) in [6.45, 7) is 1.39. The number of aromatic nitrogens is 1. The van der Waals surface area contributed by atoms with Crippen molar-refractivity contribution in [1.29, 1.82) is 0 Å². The lowest BCUT2D eigenvalue weighted by Gasteiger charge is -2.34. The van der Waals surface area contributed by atoms with Crippen LogP contribution in [-0.4, -0.2) is 47.1 Å². The topological polar surface area (TPSA) is 65.5 Å². The summed E-state index contributed by atoms with van der Waals surface area (Å²) < 4.78 is 0. The molecule has 0 aliphatic carbocycles. The highest BCUT2D eigenvalue weighted by Crippen LogP contribution is 2.25. The van der Waals surface area contributed by atoms with E-state index in [1.165, 1.54) is 16.9 Å². The molecule has 1 amide bonds. The molecule has 0 bridgehead atoms. The Balaban J connectivity index is 1.47. The minimum atomic E-state index is -0.298. The van der Waals surface area contributed by atoms with E-state index in [9.17, 15) is 9.90 Å². The van der Waals surface area contributed by atoms with Crippen LogP contribution < -0.4 is 5.32 Å². The van der Waals surface area contributed by atoms with Crippen LogP contribution >= 0.6 is 11.3 Å². The first-order chi connectivity index (χ1) is 12.2. The lowest BCUT2D eigenvalue weighted by Crippen LogP contribution is -2.41. The van der Waals surface area contributed by atoms with Crippen molar-refractivity contribution in [2.45, 2.75) is 31.8 Å². The van der Waals surface area contributed by atoms with Crippen LogP contribution in [0.15, 0.2) is 35.7 Å². The van der Waals surface area contributed by atoms with Gasteiger partial charge in [0.15, 0.2) is 5.13 Å². The molecule has 1 aliphatic heterocycles. The third-order valence-corrected chi connectivity index (χ3v) is 5.74. The molecule has 2 heterocycles. The third-order valence-electron chi connectivity index (χ3n) is 4.88. The molecule has 1 unspecified atom stereocenters. The van der Waals surface area contributed by atoms with Crippen molar-refractivity contribution in [1.82, 2.24) is 9.88 Å². The molecule has 0 spiro atoms. The lowest BCUT2D eigenvalue weighted by atomic mass is 9.88. The average molecular weight is 359 g/mol. The number of amides is 1. The van der Waals surface area contributed by atoms with Crippen LogP contribution in [0.4, 0.5) is 5.13 Å². The number of aliphatic hydroxyl groups is 1. The predicted molar refractivity (Wildman–Crippen MR) is 101 cm³/mol. The van der Waals surface area contributed by atoms with Gasteiger partial charge in [-0.25, -0.2) is 4.98 Å². The first-order valence-electron chi connectivity index (χ1n) is 8.82. The summed E-state index contributed by atoms with van der Waals surface area (Å²) in [5, 5.41) is 16.0. The molecule has 1 saturated heterocycles. The van der Waals surface area contributed by atoms with Gasteiger partial charge in [0.25, 0.3) is 5.91 Å². The Labute approximate surface area is 152 Å². The van der Waals surface area contributed by atoms with E-state index in [4.69, 9.17) is 0 Å². The minimum Gasteiger partial charge on any atom is -0.393 e. The van der Waals surface area contributed by atoms with E-state index in [1.54, 1.807) is 12.4 Å². The fraction of sp³-hybridized carbons (Fsp3) is 0.474. The zero-order chi connectivity index (χ0) is 17.6. The number of hydrogen-bond acceptors (Lipinski definition) is 5. The summed E-state index contributed by atoms with van der Waals surface area (Å²) in [6, 6.07) is 10.3. The highest BCUT2D eigenvalue weighted by atomic mass is 32.1. The molecule has 3 rings (SSSR count). The zero-order valence-electron chi connectivity index (χ0n) is 14.5. The maximum absolute atomic E-state index is 12.5. The second-order valence-electron chi connectivity index (χ2n) is 6.51. The number of piperidine rings is 1. The number of hydrogen-bond donors (Lipinski definition) is 2. The third kappa shape index (κ3) is 4.58. The standard InChI is InChI=1S/C19H25N3O2S/c1-20-19-21-16(13-25-19)18(24)22-11-9-15(10-12-22)17(23)8-7-14-5-3-2-4-6-14/h2-6,13,15,17,23H,7-12H2,1H3,(H,20,21). The lowest BCUT2D eigenvalue weighted by molar-refractivity contribution is 0.0434. The van der Waals surface area contributed by atoms with Crippen LogP contribution in [0.25, 0.3) is 0 Å². The van der Waals surface area contributed by atoms with Crippen LogP contribution in [0, 0.1) is 5.92 Å².